The molecule has 3 heterocycles. The van der Waals surface area contributed by atoms with Crippen LogP contribution >= 0.6 is 0 Å². The van der Waals surface area contributed by atoms with E-state index >= 15 is 0 Å². The number of aryl methyl sites for hydroxylation is 1. The van der Waals surface area contributed by atoms with Gasteiger partial charge in [-0.05, 0) is 13.0 Å². The quantitative estimate of drug-likeness (QED) is 0.738. The first-order chi connectivity index (χ1) is 9.15. The van der Waals surface area contributed by atoms with Crippen molar-refractivity contribution in [3.63, 3.8) is 0 Å². The van der Waals surface area contributed by atoms with Gasteiger partial charge in [-0.3, -0.25) is 5.10 Å². The van der Waals surface area contributed by atoms with Crippen LogP contribution in [0.3, 0.4) is 0 Å². The van der Waals surface area contributed by atoms with Crippen molar-refractivity contribution in [1.29, 1.82) is 0 Å². The molecule has 98 valence electrons. The molecule has 3 aromatic rings. The summed E-state index contributed by atoms with van der Waals surface area (Å²) in [6, 6.07) is 1.95. The van der Waals surface area contributed by atoms with Crippen LogP contribution in [0.2, 0.25) is 0 Å². The predicted octanol–water partition coefficient (Wildman–Crippen LogP) is 1.47. The number of nitrogens with two attached hydrogens (primary N) is 1. The van der Waals surface area contributed by atoms with Gasteiger partial charge >= 0.3 is 0 Å². The second-order valence-electron chi connectivity index (χ2n) is 4.40. The highest BCUT2D eigenvalue weighted by molar-refractivity contribution is 5.87. The summed E-state index contributed by atoms with van der Waals surface area (Å²) in [5.74, 6) is 1.87. The van der Waals surface area contributed by atoms with Gasteiger partial charge in [0.05, 0.1) is 17.8 Å². The van der Waals surface area contributed by atoms with Crippen molar-refractivity contribution >= 4 is 22.8 Å². The average molecular weight is 258 g/mol. The van der Waals surface area contributed by atoms with Gasteiger partial charge in [-0.15, -0.1) is 0 Å². The number of hydrogen-bond donors (Lipinski definition) is 2. The second-order valence-corrected chi connectivity index (χ2v) is 4.40. The van der Waals surface area contributed by atoms with Gasteiger partial charge in [0.2, 0.25) is 5.95 Å². The van der Waals surface area contributed by atoms with Crippen molar-refractivity contribution < 1.29 is 4.42 Å². The highest BCUT2D eigenvalue weighted by Gasteiger charge is 2.13. The van der Waals surface area contributed by atoms with Gasteiger partial charge in [-0.2, -0.15) is 15.1 Å². The highest BCUT2D eigenvalue weighted by atomic mass is 16.3. The molecule has 0 amide bonds. The van der Waals surface area contributed by atoms with E-state index in [4.69, 9.17) is 10.2 Å². The summed E-state index contributed by atoms with van der Waals surface area (Å²) in [5, 5.41) is 7.62. The Kier molecular flexibility index (Phi) is 2.59. The molecule has 3 rings (SSSR count). The maximum atomic E-state index is 5.71. The van der Waals surface area contributed by atoms with E-state index in [0.29, 0.717) is 12.2 Å². The van der Waals surface area contributed by atoms with E-state index in [9.17, 15) is 0 Å². The normalized spacial score (nSPS) is 11.1. The van der Waals surface area contributed by atoms with Crippen molar-refractivity contribution in [3.8, 4) is 0 Å². The number of H-pyrrole nitrogens is 1. The lowest BCUT2D eigenvalue weighted by atomic mass is 10.2. The average Bonchev–Trinajstić information content (AvgIpc) is 2.98. The van der Waals surface area contributed by atoms with Gasteiger partial charge < -0.3 is 15.1 Å². The molecule has 7 nitrogen and oxygen atoms in total. The summed E-state index contributed by atoms with van der Waals surface area (Å²) < 4.78 is 5.29. The first-order valence-corrected chi connectivity index (χ1v) is 5.86. The summed E-state index contributed by atoms with van der Waals surface area (Å²) in [6.45, 7) is 2.62. The summed E-state index contributed by atoms with van der Waals surface area (Å²) >= 11 is 0. The molecule has 0 saturated heterocycles. The Labute approximate surface area is 109 Å². The van der Waals surface area contributed by atoms with E-state index in [-0.39, 0.29) is 5.95 Å². The standard InChI is InChI=1S/C12H14N6O/c1-7-8(3-4-19-7)6-18(2)11-9-5-14-17-10(9)15-12(13)16-11/h3-5H,6H2,1-2H3,(H3,13,14,15,16,17). The SMILES string of the molecule is Cc1occc1CN(C)c1nc(N)nc2[nH]ncc12. The monoisotopic (exact) mass is 258 g/mol. The maximum Gasteiger partial charge on any atom is 0.224 e. The Bertz CT molecular complexity index is 716. The van der Waals surface area contributed by atoms with Crippen molar-refractivity contribution in [3.05, 3.63) is 29.9 Å². The highest BCUT2D eigenvalue weighted by Crippen LogP contribution is 2.24. The van der Waals surface area contributed by atoms with Crippen LogP contribution < -0.4 is 10.6 Å². The Morgan fingerprint density at radius 3 is 3.00 bits per heavy atom. The van der Waals surface area contributed by atoms with Gasteiger partial charge in [0.25, 0.3) is 0 Å². The van der Waals surface area contributed by atoms with Gasteiger partial charge in [0.15, 0.2) is 5.65 Å². The summed E-state index contributed by atoms with van der Waals surface area (Å²) in [4.78, 5) is 10.4. The number of anilines is 2. The molecule has 0 radical (unpaired) electrons. The van der Waals surface area contributed by atoms with Crippen LogP contribution in [0.25, 0.3) is 11.0 Å². The Hall–Kier alpha value is -2.57. The van der Waals surface area contributed by atoms with E-state index in [1.165, 1.54) is 0 Å². The number of furan rings is 1. The third-order valence-corrected chi connectivity index (χ3v) is 3.04. The number of hydrogen-bond acceptors (Lipinski definition) is 6. The zero-order chi connectivity index (χ0) is 13.4. The van der Waals surface area contributed by atoms with Crippen LogP contribution in [-0.4, -0.2) is 27.2 Å². The molecule has 3 N–H and O–H groups in total. The number of nitrogen functional groups attached to an aromatic ring is 1. The van der Waals surface area contributed by atoms with Crippen LogP contribution in [0.5, 0.6) is 0 Å². The third kappa shape index (κ3) is 1.99. The van der Waals surface area contributed by atoms with Crippen LogP contribution in [0.4, 0.5) is 11.8 Å². The molecular weight excluding hydrogens is 244 g/mol. The van der Waals surface area contributed by atoms with Crippen LogP contribution in [0.15, 0.2) is 22.9 Å². The van der Waals surface area contributed by atoms with E-state index in [0.717, 1.165) is 22.5 Å². The van der Waals surface area contributed by atoms with Crippen LogP contribution in [0, 0.1) is 6.92 Å². The third-order valence-electron chi connectivity index (χ3n) is 3.04. The topological polar surface area (TPSA) is 96.9 Å². The smallest absolute Gasteiger partial charge is 0.224 e. The molecule has 3 aromatic heterocycles. The first-order valence-electron chi connectivity index (χ1n) is 5.86. The lowest BCUT2D eigenvalue weighted by Crippen LogP contribution is -2.19. The number of nitrogens with one attached hydrogen (secondary N) is 1. The largest absolute Gasteiger partial charge is 0.469 e. The molecule has 0 fully saturated rings. The maximum absolute atomic E-state index is 5.71. The Balaban J connectivity index is 1.99. The molecule has 0 unspecified atom stereocenters. The summed E-state index contributed by atoms with van der Waals surface area (Å²) in [7, 11) is 1.95. The minimum absolute atomic E-state index is 0.225. The molecule has 19 heavy (non-hydrogen) atoms. The fourth-order valence-electron chi connectivity index (χ4n) is 2.03. The fraction of sp³-hybridized carbons (Fsp3) is 0.250. The minimum atomic E-state index is 0.225. The summed E-state index contributed by atoms with van der Waals surface area (Å²) in [5.41, 5.74) is 7.45. The van der Waals surface area contributed by atoms with Gasteiger partial charge in [-0.25, -0.2) is 0 Å². The number of aromatic nitrogens is 4. The van der Waals surface area contributed by atoms with Crippen LogP contribution in [0.1, 0.15) is 11.3 Å². The zero-order valence-electron chi connectivity index (χ0n) is 10.7. The first kappa shape index (κ1) is 11.5. The minimum Gasteiger partial charge on any atom is -0.469 e. The molecule has 0 aliphatic heterocycles. The van der Waals surface area contributed by atoms with Crippen LogP contribution in [-0.2, 0) is 6.54 Å². The Morgan fingerprint density at radius 1 is 1.42 bits per heavy atom. The lowest BCUT2D eigenvalue weighted by molar-refractivity contribution is 0.529. The zero-order valence-corrected chi connectivity index (χ0v) is 10.7. The van der Waals surface area contributed by atoms with Gasteiger partial charge in [0.1, 0.15) is 11.6 Å². The predicted molar refractivity (Wildman–Crippen MR) is 71.6 cm³/mol. The van der Waals surface area contributed by atoms with E-state index in [2.05, 4.69) is 20.2 Å². The fourth-order valence-corrected chi connectivity index (χ4v) is 2.03. The second kappa shape index (κ2) is 4.27. The lowest BCUT2D eigenvalue weighted by Gasteiger charge is -2.18. The van der Waals surface area contributed by atoms with Crippen molar-refractivity contribution in [1.82, 2.24) is 20.2 Å². The van der Waals surface area contributed by atoms with Gasteiger partial charge in [0, 0.05) is 19.2 Å². The van der Waals surface area contributed by atoms with E-state index < -0.39 is 0 Å². The van der Waals surface area contributed by atoms with E-state index in [1.54, 1.807) is 12.5 Å². The number of nitrogens with zero attached hydrogens (tertiary/aromatic N) is 4. The molecule has 7 heteroatoms. The molecule has 0 spiro atoms. The number of fused-ring (bicyclic) bond motifs is 1. The molecule has 0 aliphatic carbocycles. The Morgan fingerprint density at radius 2 is 2.26 bits per heavy atom. The summed E-state index contributed by atoms with van der Waals surface area (Å²) in [6.07, 6.45) is 3.38. The molecular formula is C12H14N6O. The molecule has 0 bridgehead atoms. The van der Waals surface area contributed by atoms with Crippen molar-refractivity contribution in [2.24, 2.45) is 0 Å². The molecule has 0 aliphatic rings. The molecule has 0 saturated carbocycles. The molecule has 0 atom stereocenters. The molecule has 0 aromatic carbocycles. The van der Waals surface area contributed by atoms with E-state index in [1.807, 2.05) is 24.9 Å². The number of rotatable bonds is 3. The van der Waals surface area contributed by atoms with Crippen molar-refractivity contribution in [2.75, 3.05) is 17.7 Å². The van der Waals surface area contributed by atoms with Crippen molar-refractivity contribution in [2.45, 2.75) is 13.5 Å². The van der Waals surface area contributed by atoms with Gasteiger partial charge in [-0.1, -0.05) is 0 Å². The number of aromatic amines is 1.